The maximum absolute atomic E-state index is 11.6. The van der Waals surface area contributed by atoms with E-state index in [4.69, 9.17) is 10.8 Å². The Labute approximate surface area is 117 Å². The van der Waals surface area contributed by atoms with Gasteiger partial charge in [-0.3, -0.25) is 4.79 Å². The Morgan fingerprint density at radius 1 is 1.45 bits per heavy atom. The maximum Gasteiger partial charge on any atom is 0.335 e. The molecule has 0 saturated heterocycles. The van der Waals surface area contributed by atoms with Gasteiger partial charge in [0.25, 0.3) is 0 Å². The molecule has 1 aliphatic carbocycles. The van der Waals surface area contributed by atoms with Gasteiger partial charge >= 0.3 is 5.97 Å². The molecule has 0 aromatic heterocycles. The first-order chi connectivity index (χ1) is 9.47. The molecule has 6 heteroatoms. The molecule has 0 radical (unpaired) electrons. The quantitative estimate of drug-likeness (QED) is 0.676. The van der Waals surface area contributed by atoms with E-state index in [2.05, 4.69) is 5.32 Å². The van der Waals surface area contributed by atoms with Gasteiger partial charge in [-0.15, -0.1) is 0 Å². The highest BCUT2D eigenvalue weighted by Crippen LogP contribution is 2.24. The average Bonchev–Trinajstić information content (AvgIpc) is 3.19. The van der Waals surface area contributed by atoms with Crippen LogP contribution in [-0.2, 0) is 4.79 Å². The summed E-state index contributed by atoms with van der Waals surface area (Å²) in [5.41, 5.74) is 7.14. The van der Waals surface area contributed by atoms with Gasteiger partial charge in [0.15, 0.2) is 0 Å². The Bertz CT molecular complexity index is 526. The van der Waals surface area contributed by atoms with Gasteiger partial charge in [-0.25, -0.2) is 4.79 Å². The molecule has 1 amide bonds. The fraction of sp³-hybridized carbons (Fsp3) is 0.429. The van der Waals surface area contributed by atoms with E-state index in [0.717, 1.165) is 18.5 Å². The third kappa shape index (κ3) is 3.63. The van der Waals surface area contributed by atoms with Crippen molar-refractivity contribution >= 4 is 23.3 Å². The van der Waals surface area contributed by atoms with Crippen molar-refractivity contribution in [3.05, 3.63) is 23.8 Å². The molecular weight excluding hydrogens is 258 g/mol. The number of carbonyl (C=O) groups is 2. The van der Waals surface area contributed by atoms with Crippen LogP contribution >= 0.6 is 0 Å². The lowest BCUT2D eigenvalue weighted by Gasteiger charge is -2.21. The predicted octanol–water partition coefficient (Wildman–Crippen LogP) is 1.07. The lowest BCUT2D eigenvalue weighted by Crippen LogP contribution is -2.30. The molecule has 0 spiro atoms. The van der Waals surface area contributed by atoms with Gasteiger partial charge in [0.2, 0.25) is 5.91 Å². The van der Waals surface area contributed by atoms with Crippen molar-refractivity contribution in [2.24, 2.45) is 0 Å². The van der Waals surface area contributed by atoms with Gasteiger partial charge in [-0.05, 0) is 31.0 Å². The normalized spacial score (nSPS) is 13.8. The number of nitrogens with two attached hydrogens (primary N) is 1. The van der Waals surface area contributed by atoms with Crippen LogP contribution < -0.4 is 16.0 Å². The van der Waals surface area contributed by atoms with Crippen molar-refractivity contribution in [3.63, 3.8) is 0 Å². The van der Waals surface area contributed by atoms with E-state index < -0.39 is 5.97 Å². The molecule has 2 rings (SSSR count). The number of nitrogens with one attached hydrogen (secondary N) is 1. The maximum atomic E-state index is 11.6. The number of amides is 1. The zero-order chi connectivity index (χ0) is 14.7. The SMILES string of the molecule is CN(CCC(=O)NC1CC1)c1ccc(C(=O)O)cc1N. The first-order valence-electron chi connectivity index (χ1n) is 6.60. The minimum Gasteiger partial charge on any atom is -0.478 e. The van der Waals surface area contributed by atoms with Gasteiger partial charge in [-0.2, -0.15) is 0 Å². The van der Waals surface area contributed by atoms with Crippen LogP contribution in [-0.4, -0.2) is 36.6 Å². The minimum atomic E-state index is -1.00. The molecule has 6 nitrogen and oxygen atoms in total. The molecule has 1 saturated carbocycles. The molecule has 0 aliphatic heterocycles. The van der Waals surface area contributed by atoms with Crippen molar-refractivity contribution in [1.82, 2.24) is 5.32 Å². The van der Waals surface area contributed by atoms with E-state index in [1.54, 1.807) is 6.07 Å². The van der Waals surface area contributed by atoms with Crippen molar-refractivity contribution in [2.75, 3.05) is 24.2 Å². The van der Waals surface area contributed by atoms with E-state index in [0.29, 0.717) is 24.7 Å². The summed E-state index contributed by atoms with van der Waals surface area (Å²) in [6.07, 6.45) is 2.55. The lowest BCUT2D eigenvalue weighted by atomic mass is 10.1. The van der Waals surface area contributed by atoms with E-state index in [1.807, 2.05) is 11.9 Å². The minimum absolute atomic E-state index is 0.0417. The number of benzene rings is 1. The summed E-state index contributed by atoms with van der Waals surface area (Å²) in [5, 5.41) is 11.8. The highest BCUT2D eigenvalue weighted by atomic mass is 16.4. The van der Waals surface area contributed by atoms with Gasteiger partial charge in [0.05, 0.1) is 16.9 Å². The van der Waals surface area contributed by atoms with Crippen LogP contribution in [0.3, 0.4) is 0 Å². The molecule has 1 aromatic carbocycles. The summed E-state index contributed by atoms with van der Waals surface area (Å²) in [5.74, 6) is -0.963. The number of hydrogen-bond donors (Lipinski definition) is 3. The number of carboxylic acid groups (broad SMARTS) is 1. The van der Waals surface area contributed by atoms with Gasteiger partial charge < -0.3 is 21.1 Å². The number of rotatable bonds is 6. The fourth-order valence-corrected chi connectivity index (χ4v) is 1.95. The highest BCUT2D eigenvalue weighted by Gasteiger charge is 2.23. The summed E-state index contributed by atoms with van der Waals surface area (Å²) in [4.78, 5) is 24.3. The number of carboxylic acids is 1. The summed E-state index contributed by atoms with van der Waals surface area (Å²) in [6, 6.07) is 4.97. The second-order valence-electron chi connectivity index (χ2n) is 5.09. The standard InChI is InChI=1S/C14H19N3O3/c1-17(7-6-13(18)16-10-3-4-10)12-5-2-9(14(19)20)8-11(12)15/h2,5,8,10H,3-4,6-7,15H2,1H3,(H,16,18)(H,19,20). The number of hydrogen-bond acceptors (Lipinski definition) is 4. The number of aromatic carboxylic acids is 1. The van der Waals surface area contributed by atoms with Crippen LogP contribution in [0.2, 0.25) is 0 Å². The molecule has 20 heavy (non-hydrogen) atoms. The zero-order valence-electron chi connectivity index (χ0n) is 11.4. The Morgan fingerprint density at radius 3 is 2.70 bits per heavy atom. The van der Waals surface area contributed by atoms with E-state index in [9.17, 15) is 9.59 Å². The first kappa shape index (κ1) is 14.2. The van der Waals surface area contributed by atoms with E-state index in [1.165, 1.54) is 12.1 Å². The summed E-state index contributed by atoms with van der Waals surface area (Å²) in [6.45, 7) is 0.537. The topological polar surface area (TPSA) is 95.7 Å². The van der Waals surface area contributed by atoms with Crippen molar-refractivity contribution < 1.29 is 14.7 Å². The monoisotopic (exact) mass is 277 g/mol. The van der Waals surface area contributed by atoms with E-state index >= 15 is 0 Å². The summed E-state index contributed by atoms with van der Waals surface area (Å²) < 4.78 is 0. The Balaban J connectivity index is 1.92. The number of anilines is 2. The Hall–Kier alpha value is -2.24. The average molecular weight is 277 g/mol. The Kier molecular flexibility index (Phi) is 4.12. The highest BCUT2D eigenvalue weighted by molar-refractivity contribution is 5.90. The smallest absolute Gasteiger partial charge is 0.335 e. The van der Waals surface area contributed by atoms with Gasteiger partial charge in [-0.1, -0.05) is 0 Å². The predicted molar refractivity (Wildman–Crippen MR) is 76.9 cm³/mol. The van der Waals surface area contributed by atoms with Crippen LogP contribution in [0.5, 0.6) is 0 Å². The number of nitrogen functional groups attached to an aromatic ring is 1. The van der Waals surface area contributed by atoms with E-state index in [-0.39, 0.29) is 11.5 Å². The van der Waals surface area contributed by atoms with Crippen LogP contribution in [0, 0.1) is 0 Å². The van der Waals surface area contributed by atoms with Crippen LogP contribution in [0.25, 0.3) is 0 Å². The van der Waals surface area contributed by atoms with Crippen LogP contribution in [0.1, 0.15) is 29.6 Å². The molecule has 0 bridgehead atoms. The molecule has 108 valence electrons. The van der Waals surface area contributed by atoms with Crippen LogP contribution in [0.15, 0.2) is 18.2 Å². The van der Waals surface area contributed by atoms with Gasteiger partial charge in [0.1, 0.15) is 0 Å². The second kappa shape index (κ2) is 5.81. The van der Waals surface area contributed by atoms with Crippen molar-refractivity contribution in [1.29, 1.82) is 0 Å². The molecule has 0 atom stereocenters. The first-order valence-corrected chi connectivity index (χ1v) is 6.60. The fourth-order valence-electron chi connectivity index (χ4n) is 1.95. The second-order valence-corrected chi connectivity index (χ2v) is 5.09. The molecule has 1 aliphatic rings. The van der Waals surface area contributed by atoms with Crippen molar-refractivity contribution in [3.8, 4) is 0 Å². The molecule has 1 aromatic rings. The molecule has 0 heterocycles. The third-order valence-corrected chi connectivity index (χ3v) is 3.30. The van der Waals surface area contributed by atoms with Crippen molar-refractivity contribution in [2.45, 2.75) is 25.3 Å². The third-order valence-electron chi connectivity index (χ3n) is 3.30. The lowest BCUT2D eigenvalue weighted by molar-refractivity contribution is -0.121. The summed E-state index contributed by atoms with van der Waals surface area (Å²) >= 11 is 0. The van der Waals surface area contributed by atoms with Gasteiger partial charge in [0, 0.05) is 26.1 Å². The zero-order valence-corrected chi connectivity index (χ0v) is 11.4. The number of carbonyl (C=O) groups excluding carboxylic acids is 1. The largest absolute Gasteiger partial charge is 0.478 e. The molecule has 0 unspecified atom stereocenters. The molecule has 1 fully saturated rings. The molecule has 4 N–H and O–H groups in total. The molecular formula is C14H19N3O3. The Morgan fingerprint density at radius 2 is 2.15 bits per heavy atom. The number of nitrogens with zero attached hydrogens (tertiary/aromatic N) is 1. The van der Waals surface area contributed by atoms with Crippen LogP contribution in [0.4, 0.5) is 11.4 Å². The summed E-state index contributed by atoms with van der Waals surface area (Å²) in [7, 11) is 1.83.